The van der Waals surface area contributed by atoms with Gasteiger partial charge in [-0.25, -0.2) is 0 Å². The maximum Gasteiger partial charge on any atom is 0.137 e. The first-order valence-corrected chi connectivity index (χ1v) is 9.01. The van der Waals surface area contributed by atoms with Gasteiger partial charge in [-0.2, -0.15) is 0 Å². The highest BCUT2D eigenvalue weighted by atomic mass is 79.9. The lowest BCUT2D eigenvalue weighted by Crippen LogP contribution is -2.37. The van der Waals surface area contributed by atoms with E-state index in [-0.39, 0.29) is 0 Å². The molecular weight excluding hydrogens is 216 g/mol. The molecule has 0 aliphatic carbocycles. The Labute approximate surface area is 80.4 Å². The minimum atomic E-state index is -1.17. The zero-order chi connectivity index (χ0) is 9.23. The van der Waals surface area contributed by atoms with E-state index in [1.807, 2.05) is 0 Å². The zero-order valence-corrected chi connectivity index (χ0v) is 11.2. The van der Waals surface area contributed by atoms with Crippen molar-refractivity contribution in [3.63, 3.8) is 0 Å². The van der Waals surface area contributed by atoms with E-state index in [0.29, 0.717) is 0 Å². The van der Waals surface area contributed by atoms with Gasteiger partial charge in [-0.05, 0) is 16.6 Å². The molecular formula is C9H21BrSi. The summed E-state index contributed by atoms with van der Waals surface area (Å²) in [6.07, 6.45) is 0. The monoisotopic (exact) mass is 236 g/mol. The first kappa shape index (κ1) is 11.7. The van der Waals surface area contributed by atoms with Gasteiger partial charge in [0.2, 0.25) is 0 Å². The van der Waals surface area contributed by atoms with E-state index in [4.69, 9.17) is 0 Å². The number of rotatable bonds is 3. The highest BCUT2D eigenvalue weighted by Gasteiger charge is 2.40. The predicted molar refractivity (Wildman–Crippen MR) is 60.0 cm³/mol. The molecule has 0 rings (SSSR count). The van der Waals surface area contributed by atoms with Gasteiger partial charge in [0.1, 0.15) is 6.69 Å². The molecule has 0 atom stereocenters. The number of hydrogen-bond donors (Lipinski definition) is 0. The van der Waals surface area contributed by atoms with Gasteiger partial charge in [-0.1, -0.05) is 41.5 Å². The summed E-state index contributed by atoms with van der Waals surface area (Å²) in [5.74, 6) is 0. The molecule has 2 heteroatoms. The fourth-order valence-corrected chi connectivity index (χ4v) is 6.00. The molecule has 0 radical (unpaired) electrons. The lowest BCUT2D eigenvalue weighted by atomic mass is 10.5. The first-order valence-electron chi connectivity index (χ1n) is 4.52. The summed E-state index contributed by atoms with van der Waals surface area (Å²) in [5, 5.41) is 0. The second-order valence-electron chi connectivity index (χ2n) is 4.29. The normalized spacial score (nSPS) is 13.6. The van der Waals surface area contributed by atoms with Gasteiger partial charge < -0.3 is 0 Å². The Morgan fingerprint density at radius 3 is 0.909 bits per heavy atom. The Morgan fingerprint density at radius 2 is 0.909 bits per heavy atom. The molecule has 68 valence electrons. The summed E-state index contributed by atoms with van der Waals surface area (Å²) >= 11 is 4.02. The predicted octanol–water partition coefficient (Wildman–Crippen LogP) is 4.56. The van der Waals surface area contributed by atoms with Crippen LogP contribution >= 0.6 is 15.3 Å². The summed E-state index contributed by atoms with van der Waals surface area (Å²) in [5.41, 5.74) is 2.51. The van der Waals surface area contributed by atoms with Crippen LogP contribution in [0.25, 0.3) is 0 Å². The maximum absolute atomic E-state index is 4.02. The second kappa shape index (κ2) is 4.08. The smallest absolute Gasteiger partial charge is 0.125 e. The van der Waals surface area contributed by atoms with Crippen molar-refractivity contribution in [2.75, 3.05) is 0 Å². The van der Waals surface area contributed by atoms with Crippen LogP contribution in [0.1, 0.15) is 41.5 Å². The zero-order valence-electron chi connectivity index (χ0n) is 8.61. The molecule has 0 saturated heterocycles. The van der Waals surface area contributed by atoms with Crippen molar-refractivity contribution in [3.8, 4) is 0 Å². The van der Waals surface area contributed by atoms with Crippen LogP contribution in [0.5, 0.6) is 0 Å². The summed E-state index contributed by atoms with van der Waals surface area (Å²) in [6, 6.07) is 0. The molecule has 0 nitrogen and oxygen atoms in total. The fraction of sp³-hybridized carbons (Fsp3) is 1.00. The third kappa shape index (κ3) is 2.31. The second-order valence-corrected chi connectivity index (χ2v) is 13.5. The van der Waals surface area contributed by atoms with Gasteiger partial charge in [-0.15, -0.1) is 15.3 Å². The van der Waals surface area contributed by atoms with Crippen molar-refractivity contribution in [1.29, 1.82) is 0 Å². The summed E-state index contributed by atoms with van der Waals surface area (Å²) in [6.45, 7) is 12.9. The van der Waals surface area contributed by atoms with E-state index in [1.54, 1.807) is 0 Å². The molecule has 0 bridgehead atoms. The molecule has 0 unspecified atom stereocenters. The SMILES string of the molecule is CC(C)[Si](Br)(C(C)C)C(C)C. The molecule has 0 heterocycles. The molecule has 0 N–H and O–H groups in total. The molecule has 0 aromatic carbocycles. The van der Waals surface area contributed by atoms with E-state index < -0.39 is 6.69 Å². The first-order chi connectivity index (χ1) is 4.83. The summed E-state index contributed by atoms with van der Waals surface area (Å²) in [7, 11) is 0. The maximum atomic E-state index is 4.02. The van der Waals surface area contributed by atoms with Crippen molar-refractivity contribution in [3.05, 3.63) is 0 Å². The van der Waals surface area contributed by atoms with Crippen molar-refractivity contribution in [1.82, 2.24) is 0 Å². The van der Waals surface area contributed by atoms with Gasteiger partial charge in [0.05, 0.1) is 0 Å². The molecule has 0 fully saturated rings. The average Bonchev–Trinajstić information content (AvgIpc) is 1.84. The topological polar surface area (TPSA) is 0 Å². The molecule has 0 spiro atoms. The van der Waals surface area contributed by atoms with Gasteiger partial charge in [0.15, 0.2) is 0 Å². The Morgan fingerprint density at radius 1 is 0.727 bits per heavy atom. The molecule has 0 amide bonds. The van der Waals surface area contributed by atoms with E-state index in [9.17, 15) is 0 Å². The molecule has 0 aromatic heterocycles. The van der Waals surface area contributed by atoms with Crippen LogP contribution in [0.4, 0.5) is 0 Å². The minimum absolute atomic E-state index is 0.836. The third-order valence-corrected chi connectivity index (χ3v) is 16.2. The van der Waals surface area contributed by atoms with E-state index in [2.05, 4.69) is 56.8 Å². The lowest BCUT2D eigenvalue weighted by Gasteiger charge is -2.37. The van der Waals surface area contributed by atoms with Crippen molar-refractivity contribution >= 4 is 22.0 Å². The van der Waals surface area contributed by atoms with Crippen LogP contribution in [0, 0.1) is 0 Å². The van der Waals surface area contributed by atoms with Crippen LogP contribution in [0.2, 0.25) is 16.6 Å². The van der Waals surface area contributed by atoms with Crippen LogP contribution in [0.15, 0.2) is 0 Å². The van der Waals surface area contributed by atoms with Gasteiger partial charge >= 0.3 is 0 Å². The minimum Gasteiger partial charge on any atom is -0.125 e. The van der Waals surface area contributed by atoms with Crippen molar-refractivity contribution in [2.24, 2.45) is 0 Å². The largest absolute Gasteiger partial charge is 0.137 e. The van der Waals surface area contributed by atoms with E-state index in [1.165, 1.54) is 0 Å². The Hall–Kier alpha value is 0.697. The van der Waals surface area contributed by atoms with Crippen LogP contribution in [-0.2, 0) is 0 Å². The average molecular weight is 237 g/mol. The van der Waals surface area contributed by atoms with Crippen molar-refractivity contribution < 1.29 is 0 Å². The van der Waals surface area contributed by atoms with Crippen molar-refractivity contribution in [2.45, 2.75) is 58.2 Å². The van der Waals surface area contributed by atoms with Gasteiger partial charge in [0.25, 0.3) is 0 Å². The van der Waals surface area contributed by atoms with Gasteiger partial charge in [-0.3, -0.25) is 0 Å². The number of hydrogen-bond acceptors (Lipinski definition) is 0. The number of halogens is 1. The third-order valence-electron chi connectivity index (χ3n) is 2.65. The Kier molecular flexibility index (Phi) is 4.34. The Balaban J connectivity index is 4.53. The summed E-state index contributed by atoms with van der Waals surface area (Å²) < 4.78 is 0. The van der Waals surface area contributed by atoms with E-state index in [0.717, 1.165) is 16.6 Å². The van der Waals surface area contributed by atoms with Crippen LogP contribution in [0.3, 0.4) is 0 Å². The molecule has 0 aliphatic rings. The van der Waals surface area contributed by atoms with E-state index >= 15 is 0 Å². The highest BCUT2D eigenvalue weighted by Crippen LogP contribution is 2.45. The molecule has 0 aliphatic heterocycles. The summed E-state index contributed by atoms with van der Waals surface area (Å²) in [4.78, 5) is 0. The highest BCUT2D eigenvalue weighted by molar-refractivity contribution is 9.26. The molecule has 0 aromatic rings. The van der Waals surface area contributed by atoms with Gasteiger partial charge in [0, 0.05) is 0 Å². The fourth-order valence-electron chi connectivity index (χ4n) is 2.00. The molecule has 0 saturated carbocycles. The lowest BCUT2D eigenvalue weighted by molar-refractivity contribution is 0.854. The quantitative estimate of drug-likeness (QED) is 0.498. The standard InChI is InChI=1S/C9H21BrSi/c1-7(2)11(10,8(3)4)9(5)6/h7-9H,1-6H3. The molecule has 11 heavy (non-hydrogen) atoms. The Bertz CT molecular complexity index is 97.0. The van der Waals surface area contributed by atoms with Crippen LogP contribution < -0.4 is 0 Å². The van der Waals surface area contributed by atoms with Crippen LogP contribution in [-0.4, -0.2) is 6.69 Å².